The molecule has 4 aromatic rings. The number of imidazole rings is 1. The van der Waals surface area contributed by atoms with Crippen LogP contribution in [-0.2, 0) is 0 Å². The zero-order valence-corrected chi connectivity index (χ0v) is 10.0. The van der Waals surface area contributed by atoms with E-state index >= 15 is 0 Å². The normalized spacial score (nSPS) is 11.2. The molecule has 3 aromatic heterocycles. The van der Waals surface area contributed by atoms with Crippen molar-refractivity contribution in [3.8, 4) is 11.4 Å². The first-order valence-corrected chi connectivity index (χ1v) is 6.07. The van der Waals surface area contributed by atoms with Crippen molar-refractivity contribution in [2.75, 3.05) is 0 Å². The Labute approximate surface area is 109 Å². The van der Waals surface area contributed by atoms with Gasteiger partial charge in [0, 0.05) is 23.3 Å². The molecule has 0 fully saturated rings. The Morgan fingerprint density at radius 2 is 1.79 bits per heavy atom. The van der Waals surface area contributed by atoms with Gasteiger partial charge in [-0.05, 0) is 24.3 Å². The summed E-state index contributed by atoms with van der Waals surface area (Å²) in [4.78, 5) is 16.5. The Balaban J connectivity index is 2.03. The van der Waals surface area contributed by atoms with E-state index in [1.165, 1.54) is 0 Å². The van der Waals surface area contributed by atoms with Crippen molar-refractivity contribution in [3.63, 3.8) is 0 Å². The zero-order valence-electron chi connectivity index (χ0n) is 10.0. The molecule has 4 nitrogen and oxygen atoms in total. The van der Waals surface area contributed by atoms with Crippen LogP contribution < -0.4 is 0 Å². The van der Waals surface area contributed by atoms with Crippen LogP contribution in [0.25, 0.3) is 33.5 Å². The number of aromatic amines is 1. The lowest BCUT2D eigenvalue weighted by Gasteiger charge is -2.02. The Bertz CT molecular complexity index is 841. The molecule has 1 aromatic carbocycles. The Hall–Kier alpha value is -2.75. The summed E-state index contributed by atoms with van der Waals surface area (Å²) in [5.41, 5.74) is 3.69. The lowest BCUT2D eigenvalue weighted by molar-refractivity contribution is 1.30. The monoisotopic (exact) mass is 246 g/mol. The molecule has 0 unspecified atom stereocenters. The topological polar surface area (TPSA) is 54.5 Å². The summed E-state index contributed by atoms with van der Waals surface area (Å²) < 4.78 is 0. The minimum Gasteiger partial charge on any atom is -0.337 e. The number of pyridine rings is 2. The van der Waals surface area contributed by atoms with E-state index in [1.54, 1.807) is 12.4 Å². The molecule has 19 heavy (non-hydrogen) atoms. The molecule has 0 aliphatic heterocycles. The lowest BCUT2D eigenvalue weighted by Crippen LogP contribution is -1.85. The lowest BCUT2D eigenvalue weighted by atomic mass is 10.1. The number of benzene rings is 1. The minimum atomic E-state index is 0.735. The third-order valence-electron chi connectivity index (χ3n) is 3.16. The molecular weight excluding hydrogens is 236 g/mol. The van der Waals surface area contributed by atoms with Crippen molar-refractivity contribution in [2.45, 2.75) is 0 Å². The molecule has 0 atom stereocenters. The number of fused-ring (bicyclic) bond motifs is 2. The molecule has 0 aliphatic rings. The number of hydrogen-bond acceptors (Lipinski definition) is 3. The SMILES string of the molecule is c1ccc2c(-c3nc4ncccc4[nH]3)ccnc2c1. The van der Waals surface area contributed by atoms with Crippen LogP contribution in [0.1, 0.15) is 0 Å². The van der Waals surface area contributed by atoms with E-state index in [0.717, 1.165) is 33.5 Å². The Morgan fingerprint density at radius 1 is 0.842 bits per heavy atom. The van der Waals surface area contributed by atoms with Crippen LogP contribution >= 0.6 is 0 Å². The van der Waals surface area contributed by atoms with Gasteiger partial charge in [-0.2, -0.15) is 0 Å². The average Bonchev–Trinajstić information content (AvgIpc) is 2.90. The third kappa shape index (κ3) is 1.57. The van der Waals surface area contributed by atoms with Crippen LogP contribution in [0.2, 0.25) is 0 Å². The van der Waals surface area contributed by atoms with E-state index in [4.69, 9.17) is 0 Å². The standard InChI is InChI=1S/C15H10N4/c1-2-5-12-10(4-1)11(7-9-16-12)14-18-13-6-3-8-17-15(13)19-14/h1-9H,(H,17,18,19). The molecule has 90 valence electrons. The molecule has 0 saturated carbocycles. The van der Waals surface area contributed by atoms with Gasteiger partial charge >= 0.3 is 0 Å². The van der Waals surface area contributed by atoms with Crippen LogP contribution in [0.4, 0.5) is 0 Å². The number of rotatable bonds is 1. The van der Waals surface area contributed by atoms with E-state index < -0.39 is 0 Å². The quantitative estimate of drug-likeness (QED) is 0.561. The molecule has 0 saturated heterocycles. The van der Waals surface area contributed by atoms with Gasteiger partial charge in [-0.25, -0.2) is 9.97 Å². The van der Waals surface area contributed by atoms with Crippen molar-refractivity contribution in [1.29, 1.82) is 0 Å². The number of para-hydroxylation sites is 1. The predicted molar refractivity (Wildman–Crippen MR) is 74.6 cm³/mol. The van der Waals surface area contributed by atoms with Gasteiger partial charge in [0.25, 0.3) is 0 Å². The second kappa shape index (κ2) is 3.88. The third-order valence-corrected chi connectivity index (χ3v) is 3.16. The van der Waals surface area contributed by atoms with Gasteiger partial charge in [0.1, 0.15) is 5.82 Å². The Morgan fingerprint density at radius 3 is 2.74 bits per heavy atom. The maximum atomic E-state index is 4.54. The highest BCUT2D eigenvalue weighted by Gasteiger charge is 2.09. The molecule has 0 spiro atoms. The first-order chi connectivity index (χ1) is 9.42. The van der Waals surface area contributed by atoms with Gasteiger partial charge in [0.15, 0.2) is 5.65 Å². The van der Waals surface area contributed by atoms with Crippen LogP contribution in [0.15, 0.2) is 54.9 Å². The zero-order chi connectivity index (χ0) is 12.7. The number of nitrogens with one attached hydrogen (secondary N) is 1. The molecule has 4 heteroatoms. The van der Waals surface area contributed by atoms with Gasteiger partial charge in [-0.3, -0.25) is 4.98 Å². The van der Waals surface area contributed by atoms with Gasteiger partial charge in [0.2, 0.25) is 0 Å². The molecular formula is C15H10N4. The predicted octanol–water partition coefficient (Wildman–Crippen LogP) is 3.17. The fourth-order valence-corrected chi connectivity index (χ4v) is 2.27. The highest BCUT2D eigenvalue weighted by Crippen LogP contribution is 2.26. The number of hydrogen-bond donors (Lipinski definition) is 1. The van der Waals surface area contributed by atoms with E-state index in [9.17, 15) is 0 Å². The van der Waals surface area contributed by atoms with Gasteiger partial charge in [-0.1, -0.05) is 18.2 Å². The van der Waals surface area contributed by atoms with E-state index in [1.807, 2.05) is 36.4 Å². The average molecular weight is 246 g/mol. The summed E-state index contributed by atoms with van der Waals surface area (Å²) in [6.45, 7) is 0. The first-order valence-electron chi connectivity index (χ1n) is 6.07. The largest absolute Gasteiger partial charge is 0.337 e. The van der Waals surface area contributed by atoms with Crippen molar-refractivity contribution >= 4 is 22.1 Å². The Kier molecular flexibility index (Phi) is 2.08. The van der Waals surface area contributed by atoms with Crippen LogP contribution in [-0.4, -0.2) is 19.9 Å². The summed E-state index contributed by atoms with van der Waals surface area (Å²) in [5, 5.41) is 1.09. The number of H-pyrrole nitrogens is 1. The summed E-state index contributed by atoms with van der Waals surface area (Å²) in [5.74, 6) is 0.826. The minimum absolute atomic E-state index is 0.735. The summed E-state index contributed by atoms with van der Waals surface area (Å²) >= 11 is 0. The number of aromatic nitrogens is 4. The molecule has 0 aliphatic carbocycles. The van der Waals surface area contributed by atoms with Crippen LogP contribution in [0.3, 0.4) is 0 Å². The molecule has 3 heterocycles. The van der Waals surface area contributed by atoms with E-state index in [-0.39, 0.29) is 0 Å². The van der Waals surface area contributed by atoms with Crippen molar-refractivity contribution in [3.05, 3.63) is 54.9 Å². The fourth-order valence-electron chi connectivity index (χ4n) is 2.27. The smallest absolute Gasteiger partial charge is 0.178 e. The van der Waals surface area contributed by atoms with Crippen molar-refractivity contribution < 1.29 is 0 Å². The van der Waals surface area contributed by atoms with E-state index in [0.29, 0.717) is 0 Å². The van der Waals surface area contributed by atoms with Crippen molar-refractivity contribution in [1.82, 2.24) is 19.9 Å². The number of nitrogens with zero attached hydrogens (tertiary/aromatic N) is 3. The molecule has 0 radical (unpaired) electrons. The second-order valence-electron chi connectivity index (χ2n) is 4.34. The maximum Gasteiger partial charge on any atom is 0.178 e. The first kappa shape index (κ1) is 10.2. The van der Waals surface area contributed by atoms with E-state index in [2.05, 4.69) is 26.0 Å². The van der Waals surface area contributed by atoms with Crippen LogP contribution in [0, 0.1) is 0 Å². The molecule has 0 amide bonds. The molecule has 0 bridgehead atoms. The van der Waals surface area contributed by atoms with Gasteiger partial charge in [-0.15, -0.1) is 0 Å². The van der Waals surface area contributed by atoms with Crippen molar-refractivity contribution in [2.24, 2.45) is 0 Å². The maximum absolute atomic E-state index is 4.54. The second-order valence-corrected chi connectivity index (χ2v) is 4.34. The van der Waals surface area contributed by atoms with Crippen LogP contribution in [0.5, 0.6) is 0 Å². The summed E-state index contributed by atoms with van der Waals surface area (Å²) in [6, 6.07) is 13.9. The fraction of sp³-hybridized carbons (Fsp3) is 0. The molecule has 4 rings (SSSR count). The summed E-state index contributed by atoms with van der Waals surface area (Å²) in [6.07, 6.45) is 3.55. The van der Waals surface area contributed by atoms with Gasteiger partial charge < -0.3 is 4.98 Å². The molecule has 1 N–H and O–H groups in total. The highest BCUT2D eigenvalue weighted by molar-refractivity contribution is 5.93. The summed E-state index contributed by atoms with van der Waals surface area (Å²) in [7, 11) is 0. The van der Waals surface area contributed by atoms with Gasteiger partial charge in [0.05, 0.1) is 11.0 Å². The highest BCUT2D eigenvalue weighted by atomic mass is 15.0.